The van der Waals surface area contributed by atoms with Crippen molar-refractivity contribution in [1.29, 1.82) is 0 Å². The monoisotopic (exact) mass is 396 g/mol. The van der Waals surface area contributed by atoms with Crippen LogP contribution in [0.4, 0.5) is 0 Å². The van der Waals surface area contributed by atoms with Gasteiger partial charge in [0, 0.05) is 11.1 Å². The third-order valence-electron chi connectivity index (χ3n) is 3.45. The lowest BCUT2D eigenvalue weighted by Crippen LogP contribution is -2.11. The van der Waals surface area contributed by atoms with Gasteiger partial charge in [-0.25, -0.2) is 14.4 Å². The number of carbonyl (C=O) groups excluding carboxylic acids is 3. The molecule has 7 nitrogen and oxygen atoms in total. The summed E-state index contributed by atoms with van der Waals surface area (Å²) in [5.41, 5.74) is 0.833. The van der Waals surface area contributed by atoms with Gasteiger partial charge in [-0.15, -0.1) is 0 Å². The maximum absolute atomic E-state index is 12.2. The second-order valence-corrected chi connectivity index (χ2v) is 6.03. The van der Waals surface area contributed by atoms with E-state index in [1.165, 1.54) is 43.3 Å². The highest BCUT2D eigenvalue weighted by molar-refractivity contribution is 5.92. The zero-order valence-electron chi connectivity index (χ0n) is 16.1. The third kappa shape index (κ3) is 6.66. The minimum absolute atomic E-state index is 0.257. The Morgan fingerprint density at radius 1 is 0.724 bits per heavy atom. The van der Waals surface area contributed by atoms with E-state index in [-0.39, 0.29) is 23.5 Å². The van der Waals surface area contributed by atoms with Crippen molar-refractivity contribution in [3.8, 4) is 17.2 Å². The van der Waals surface area contributed by atoms with E-state index in [2.05, 4.69) is 13.2 Å². The average molecular weight is 396 g/mol. The van der Waals surface area contributed by atoms with E-state index in [4.69, 9.17) is 18.9 Å². The van der Waals surface area contributed by atoms with Crippen molar-refractivity contribution in [1.82, 2.24) is 0 Å². The molecule has 0 aliphatic rings. The molecule has 0 spiro atoms. The van der Waals surface area contributed by atoms with Gasteiger partial charge in [0.25, 0.3) is 0 Å². The summed E-state index contributed by atoms with van der Waals surface area (Å²) < 4.78 is 20.4. The van der Waals surface area contributed by atoms with Crippen LogP contribution < -0.4 is 14.2 Å². The third-order valence-corrected chi connectivity index (χ3v) is 3.45. The molecule has 0 fully saturated rings. The van der Waals surface area contributed by atoms with Crippen LogP contribution in [-0.4, -0.2) is 24.7 Å². The van der Waals surface area contributed by atoms with Crippen LogP contribution in [0.3, 0.4) is 0 Å². The number of hydrogen-bond acceptors (Lipinski definition) is 7. The first-order valence-corrected chi connectivity index (χ1v) is 8.51. The molecule has 0 heterocycles. The summed E-state index contributed by atoms with van der Waals surface area (Å²) in [4.78, 5) is 34.9. The minimum atomic E-state index is -0.577. The van der Waals surface area contributed by atoms with Gasteiger partial charge in [-0.1, -0.05) is 13.2 Å². The van der Waals surface area contributed by atoms with Crippen LogP contribution in [-0.2, 0) is 14.3 Å². The van der Waals surface area contributed by atoms with Crippen molar-refractivity contribution in [3.63, 3.8) is 0 Å². The van der Waals surface area contributed by atoms with Gasteiger partial charge in [0.15, 0.2) is 0 Å². The average Bonchev–Trinajstić information content (AvgIpc) is 2.69. The Hall–Kier alpha value is -3.87. The first-order chi connectivity index (χ1) is 13.8. The fourth-order valence-corrected chi connectivity index (χ4v) is 1.90. The second kappa shape index (κ2) is 9.89. The fourth-order valence-electron chi connectivity index (χ4n) is 1.90. The number of esters is 3. The van der Waals surface area contributed by atoms with Crippen LogP contribution in [0.1, 0.15) is 24.2 Å². The van der Waals surface area contributed by atoms with Gasteiger partial charge < -0.3 is 18.9 Å². The summed E-state index contributed by atoms with van der Waals surface area (Å²) in [5.74, 6) is -0.634. The summed E-state index contributed by atoms with van der Waals surface area (Å²) in [6.07, 6.45) is 0. The molecule has 0 unspecified atom stereocenters. The molecule has 0 amide bonds. The van der Waals surface area contributed by atoms with Crippen molar-refractivity contribution in [2.45, 2.75) is 13.8 Å². The summed E-state index contributed by atoms with van der Waals surface area (Å²) in [6, 6.07) is 12.2. The highest BCUT2D eigenvalue weighted by atomic mass is 16.7. The zero-order valence-corrected chi connectivity index (χ0v) is 16.1. The molecule has 0 saturated carbocycles. The van der Waals surface area contributed by atoms with E-state index in [9.17, 15) is 14.4 Å². The fraction of sp³-hybridized carbons (Fsp3) is 0.136. The van der Waals surface area contributed by atoms with Crippen molar-refractivity contribution < 1.29 is 33.3 Å². The molecule has 0 aliphatic carbocycles. The molecule has 0 aliphatic heterocycles. The number of carbonyl (C=O) groups is 3. The number of benzene rings is 2. The lowest BCUT2D eigenvalue weighted by molar-refractivity contribution is -0.145. The molecule has 0 N–H and O–H groups in total. The molecule has 0 saturated heterocycles. The Morgan fingerprint density at radius 3 is 1.76 bits per heavy atom. The van der Waals surface area contributed by atoms with Gasteiger partial charge >= 0.3 is 17.9 Å². The molecule has 150 valence electrons. The van der Waals surface area contributed by atoms with Gasteiger partial charge in [-0.05, 0) is 62.4 Å². The number of hydrogen-bond donors (Lipinski definition) is 0. The molecule has 0 bridgehead atoms. The van der Waals surface area contributed by atoms with E-state index < -0.39 is 17.9 Å². The van der Waals surface area contributed by atoms with Crippen LogP contribution in [0.2, 0.25) is 0 Å². The molecule has 2 aromatic rings. The SMILES string of the molecule is C=C(C)C(=O)OCOc1ccc(OC(=O)c2ccc(OC(=O)C(=C)C)cc2)cc1. The van der Waals surface area contributed by atoms with Crippen molar-refractivity contribution in [2.75, 3.05) is 6.79 Å². The predicted octanol–water partition coefficient (Wildman–Crippen LogP) is 3.84. The maximum Gasteiger partial charge on any atom is 0.343 e. The van der Waals surface area contributed by atoms with Gasteiger partial charge in [0.05, 0.1) is 5.56 Å². The minimum Gasteiger partial charge on any atom is -0.457 e. The summed E-state index contributed by atoms with van der Waals surface area (Å²) in [6.45, 7) is 9.78. The quantitative estimate of drug-likeness (QED) is 0.290. The van der Waals surface area contributed by atoms with E-state index in [1.54, 1.807) is 19.1 Å². The Morgan fingerprint density at radius 2 is 1.21 bits per heavy atom. The van der Waals surface area contributed by atoms with E-state index >= 15 is 0 Å². The predicted molar refractivity (Wildman–Crippen MR) is 105 cm³/mol. The first-order valence-electron chi connectivity index (χ1n) is 8.51. The van der Waals surface area contributed by atoms with Gasteiger partial charge in [0.2, 0.25) is 6.79 Å². The number of ether oxygens (including phenoxy) is 4. The molecule has 0 atom stereocenters. The van der Waals surface area contributed by atoms with E-state index in [0.717, 1.165) is 0 Å². The first kappa shape index (κ1) is 21.4. The van der Waals surface area contributed by atoms with E-state index in [1.807, 2.05) is 0 Å². The molecule has 29 heavy (non-hydrogen) atoms. The van der Waals surface area contributed by atoms with E-state index in [0.29, 0.717) is 17.2 Å². The topological polar surface area (TPSA) is 88.1 Å². The standard InChI is InChI=1S/C22H20O7/c1-14(2)20(23)27-13-26-17-9-11-19(12-10-17)29-22(25)16-5-7-18(8-6-16)28-21(24)15(3)4/h5-12H,1,3,13H2,2,4H3. The van der Waals surface area contributed by atoms with Crippen molar-refractivity contribution >= 4 is 17.9 Å². The normalized spacial score (nSPS) is 9.86. The van der Waals surface area contributed by atoms with Gasteiger partial charge in [0.1, 0.15) is 17.2 Å². The molecule has 7 heteroatoms. The highest BCUT2D eigenvalue weighted by Crippen LogP contribution is 2.20. The summed E-state index contributed by atoms with van der Waals surface area (Å²) in [5, 5.41) is 0. The summed E-state index contributed by atoms with van der Waals surface area (Å²) in [7, 11) is 0. The Bertz CT molecular complexity index is 925. The van der Waals surface area contributed by atoms with Crippen LogP contribution >= 0.6 is 0 Å². The zero-order chi connectivity index (χ0) is 21.4. The summed E-state index contributed by atoms with van der Waals surface area (Å²) >= 11 is 0. The maximum atomic E-state index is 12.2. The Kier molecular flexibility index (Phi) is 7.31. The molecule has 0 radical (unpaired) electrons. The Balaban J connectivity index is 1.88. The van der Waals surface area contributed by atoms with Gasteiger partial charge in [-0.2, -0.15) is 0 Å². The van der Waals surface area contributed by atoms with Gasteiger partial charge in [-0.3, -0.25) is 0 Å². The molecule has 0 aromatic heterocycles. The lowest BCUT2D eigenvalue weighted by atomic mass is 10.2. The van der Waals surface area contributed by atoms with Crippen molar-refractivity contribution in [3.05, 3.63) is 78.4 Å². The number of rotatable bonds is 8. The molecular formula is C22H20O7. The Labute approximate surface area is 168 Å². The molecular weight excluding hydrogens is 376 g/mol. The smallest absolute Gasteiger partial charge is 0.343 e. The van der Waals surface area contributed by atoms with Crippen LogP contribution in [0.5, 0.6) is 17.2 Å². The van der Waals surface area contributed by atoms with Crippen molar-refractivity contribution in [2.24, 2.45) is 0 Å². The highest BCUT2D eigenvalue weighted by Gasteiger charge is 2.11. The van der Waals surface area contributed by atoms with Crippen LogP contribution in [0.15, 0.2) is 72.8 Å². The molecule has 2 aromatic carbocycles. The van der Waals surface area contributed by atoms with Crippen LogP contribution in [0.25, 0.3) is 0 Å². The van der Waals surface area contributed by atoms with Crippen LogP contribution in [0, 0.1) is 0 Å². The lowest BCUT2D eigenvalue weighted by Gasteiger charge is -2.09. The second-order valence-electron chi connectivity index (χ2n) is 6.03. The largest absolute Gasteiger partial charge is 0.457 e. The molecule has 2 rings (SSSR count).